The molecule has 1 rings (SSSR count). The summed E-state index contributed by atoms with van der Waals surface area (Å²) < 4.78 is 0. The third-order valence-corrected chi connectivity index (χ3v) is 2.42. The van der Waals surface area contributed by atoms with Crippen molar-refractivity contribution < 1.29 is 14.7 Å². The number of rotatable bonds is 1. The second kappa shape index (κ2) is 3.23. The maximum absolute atomic E-state index is 11.0. The molecule has 1 aliphatic rings. The zero-order chi connectivity index (χ0) is 9.30. The normalized spacial score (nSPS) is 32.0. The summed E-state index contributed by atoms with van der Waals surface area (Å²) in [7, 11) is 1.75. The molecule has 1 unspecified atom stereocenters. The van der Waals surface area contributed by atoms with Crippen LogP contribution in [0, 0.1) is 0 Å². The molecule has 0 radical (unpaired) electrons. The lowest BCUT2D eigenvalue weighted by Gasteiger charge is -2.34. The summed E-state index contributed by atoms with van der Waals surface area (Å²) in [4.78, 5) is 23.4. The average molecular weight is 171 g/mol. The van der Waals surface area contributed by atoms with Gasteiger partial charge in [-0.05, 0) is 14.0 Å². The van der Waals surface area contributed by atoms with Gasteiger partial charge in [-0.3, -0.25) is 14.5 Å². The molecule has 0 saturated carbocycles. The summed E-state index contributed by atoms with van der Waals surface area (Å²) in [5, 5.41) is 8.75. The van der Waals surface area contributed by atoms with Crippen LogP contribution in [0.25, 0.3) is 0 Å². The molecule has 1 fully saturated rings. The Morgan fingerprint density at radius 3 is 2.67 bits per heavy atom. The van der Waals surface area contributed by atoms with E-state index in [9.17, 15) is 9.59 Å². The predicted octanol–water partition coefficient (Wildman–Crippen LogP) is 0.123. The van der Waals surface area contributed by atoms with Crippen molar-refractivity contribution in [3.8, 4) is 0 Å². The molecule has 4 heteroatoms. The van der Waals surface area contributed by atoms with Gasteiger partial charge >= 0.3 is 5.97 Å². The molecule has 0 aromatic carbocycles. The molecule has 0 aliphatic carbocycles. The highest BCUT2D eigenvalue weighted by molar-refractivity contribution is 5.87. The van der Waals surface area contributed by atoms with Crippen LogP contribution in [0.5, 0.6) is 0 Å². The van der Waals surface area contributed by atoms with Crippen molar-refractivity contribution in [2.45, 2.75) is 31.8 Å². The van der Waals surface area contributed by atoms with Crippen LogP contribution in [0.3, 0.4) is 0 Å². The second-order valence-corrected chi connectivity index (χ2v) is 3.32. The third-order valence-electron chi connectivity index (χ3n) is 2.42. The van der Waals surface area contributed by atoms with E-state index in [4.69, 9.17) is 5.11 Å². The summed E-state index contributed by atoms with van der Waals surface area (Å²) in [5.41, 5.74) is 0. The molecule has 1 saturated heterocycles. The number of aliphatic carboxylic acids is 1. The highest BCUT2D eigenvalue weighted by atomic mass is 16.4. The highest BCUT2D eigenvalue weighted by Crippen LogP contribution is 2.18. The first-order valence-corrected chi connectivity index (χ1v) is 3.99. The van der Waals surface area contributed by atoms with Crippen molar-refractivity contribution in [1.29, 1.82) is 0 Å². The first-order valence-electron chi connectivity index (χ1n) is 3.99. The van der Waals surface area contributed by atoms with Crippen LogP contribution in [-0.4, -0.2) is 40.9 Å². The fraction of sp³-hybridized carbons (Fsp3) is 0.750. The summed E-state index contributed by atoms with van der Waals surface area (Å²) in [6.45, 7) is 1.87. The zero-order valence-electron chi connectivity index (χ0n) is 7.28. The Hall–Kier alpha value is -0.900. The number of carbonyl (C=O) groups is 2. The van der Waals surface area contributed by atoms with Gasteiger partial charge in [0.15, 0.2) is 0 Å². The zero-order valence-corrected chi connectivity index (χ0v) is 7.28. The van der Waals surface area contributed by atoms with Gasteiger partial charge in [-0.25, -0.2) is 0 Å². The third kappa shape index (κ3) is 1.64. The molecule has 0 spiro atoms. The van der Waals surface area contributed by atoms with Crippen molar-refractivity contribution in [1.82, 2.24) is 4.90 Å². The van der Waals surface area contributed by atoms with Crippen molar-refractivity contribution in [3.63, 3.8) is 0 Å². The van der Waals surface area contributed by atoms with E-state index < -0.39 is 12.0 Å². The van der Waals surface area contributed by atoms with Gasteiger partial charge in [0.1, 0.15) is 11.8 Å². The molecule has 68 valence electrons. The minimum absolute atomic E-state index is 0.0485. The van der Waals surface area contributed by atoms with E-state index >= 15 is 0 Å². The van der Waals surface area contributed by atoms with Gasteiger partial charge in [0, 0.05) is 18.9 Å². The smallest absolute Gasteiger partial charge is 0.321 e. The van der Waals surface area contributed by atoms with E-state index in [1.165, 1.54) is 0 Å². The van der Waals surface area contributed by atoms with Crippen molar-refractivity contribution in [3.05, 3.63) is 0 Å². The van der Waals surface area contributed by atoms with Crippen LogP contribution in [0.4, 0.5) is 0 Å². The van der Waals surface area contributed by atoms with E-state index in [-0.39, 0.29) is 18.2 Å². The van der Waals surface area contributed by atoms with Gasteiger partial charge in [-0.2, -0.15) is 0 Å². The number of likely N-dealkylation sites (N-methyl/N-ethyl adjacent to an activating group) is 1. The van der Waals surface area contributed by atoms with E-state index in [0.717, 1.165) is 0 Å². The molecule has 4 nitrogen and oxygen atoms in total. The molecule has 2 atom stereocenters. The molecule has 0 amide bonds. The Morgan fingerprint density at radius 1 is 1.58 bits per heavy atom. The molecule has 1 heterocycles. The quantitative estimate of drug-likeness (QED) is 0.609. The highest BCUT2D eigenvalue weighted by Gasteiger charge is 2.33. The van der Waals surface area contributed by atoms with Crippen molar-refractivity contribution in [2.75, 3.05) is 7.05 Å². The van der Waals surface area contributed by atoms with Crippen LogP contribution in [0.1, 0.15) is 19.8 Å². The van der Waals surface area contributed by atoms with Crippen LogP contribution in [-0.2, 0) is 9.59 Å². The van der Waals surface area contributed by atoms with Gasteiger partial charge in [-0.15, -0.1) is 0 Å². The van der Waals surface area contributed by atoms with Gasteiger partial charge < -0.3 is 5.11 Å². The Kier molecular flexibility index (Phi) is 2.47. The monoisotopic (exact) mass is 171 g/mol. The Balaban J connectivity index is 2.72. The predicted molar refractivity (Wildman–Crippen MR) is 42.9 cm³/mol. The lowest BCUT2D eigenvalue weighted by molar-refractivity contribution is -0.148. The Labute approximate surface area is 71.2 Å². The molecule has 0 aromatic heterocycles. The number of hydrogen-bond donors (Lipinski definition) is 1. The molecular weight excluding hydrogens is 158 g/mol. The maximum atomic E-state index is 11.0. The van der Waals surface area contributed by atoms with E-state index in [2.05, 4.69) is 0 Å². The molecular formula is C8H13NO3. The first-order chi connectivity index (χ1) is 5.52. The van der Waals surface area contributed by atoms with Gasteiger partial charge in [0.25, 0.3) is 0 Å². The number of carboxylic acid groups (broad SMARTS) is 1. The van der Waals surface area contributed by atoms with Crippen LogP contribution < -0.4 is 0 Å². The first kappa shape index (κ1) is 9.19. The molecule has 1 aliphatic heterocycles. The van der Waals surface area contributed by atoms with Crippen LogP contribution in [0.15, 0.2) is 0 Å². The van der Waals surface area contributed by atoms with E-state index in [1.807, 2.05) is 6.92 Å². The minimum atomic E-state index is -0.905. The number of hydrogen-bond acceptors (Lipinski definition) is 3. The Morgan fingerprint density at radius 2 is 2.17 bits per heavy atom. The lowest BCUT2D eigenvalue weighted by atomic mass is 9.96. The van der Waals surface area contributed by atoms with Gasteiger partial charge in [-0.1, -0.05) is 0 Å². The fourth-order valence-electron chi connectivity index (χ4n) is 1.49. The summed E-state index contributed by atoms with van der Waals surface area (Å²) >= 11 is 0. The fourth-order valence-corrected chi connectivity index (χ4v) is 1.49. The Bertz CT molecular complexity index is 212. The van der Waals surface area contributed by atoms with Crippen LogP contribution in [0.2, 0.25) is 0 Å². The largest absolute Gasteiger partial charge is 0.480 e. The van der Waals surface area contributed by atoms with Crippen molar-refractivity contribution in [2.24, 2.45) is 0 Å². The number of carboxylic acids is 1. The average Bonchev–Trinajstić information content (AvgIpc) is 1.96. The maximum Gasteiger partial charge on any atom is 0.321 e. The SMILES string of the molecule is CC1CC(=O)C[C@@H](C(=O)O)N1C. The van der Waals surface area contributed by atoms with Gasteiger partial charge in [0.05, 0.1) is 0 Å². The molecule has 12 heavy (non-hydrogen) atoms. The van der Waals surface area contributed by atoms with E-state index in [0.29, 0.717) is 6.42 Å². The summed E-state index contributed by atoms with van der Waals surface area (Å²) in [5.74, 6) is -0.856. The van der Waals surface area contributed by atoms with E-state index in [1.54, 1.807) is 11.9 Å². The van der Waals surface area contributed by atoms with Gasteiger partial charge in [0.2, 0.25) is 0 Å². The standard InChI is InChI=1S/C8H13NO3/c1-5-3-6(10)4-7(8(11)12)9(5)2/h5,7H,3-4H2,1-2H3,(H,11,12)/t5?,7-/m0/s1. The lowest BCUT2D eigenvalue weighted by Crippen LogP contribution is -2.49. The number of ketones is 1. The van der Waals surface area contributed by atoms with Crippen LogP contribution >= 0.6 is 0 Å². The molecule has 0 bridgehead atoms. The number of Topliss-reactive ketones (excluding diaryl/α,β-unsaturated/α-hetero) is 1. The second-order valence-electron chi connectivity index (χ2n) is 3.32. The number of carbonyl (C=O) groups excluding carboxylic acids is 1. The number of piperidine rings is 1. The number of nitrogens with zero attached hydrogens (tertiary/aromatic N) is 1. The number of likely N-dealkylation sites (tertiary alicyclic amines) is 1. The summed E-state index contributed by atoms with van der Waals surface area (Å²) in [6, 6.07) is -0.575. The molecule has 0 aromatic rings. The minimum Gasteiger partial charge on any atom is -0.480 e. The topological polar surface area (TPSA) is 57.6 Å². The van der Waals surface area contributed by atoms with Crippen molar-refractivity contribution >= 4 is 11.8 Å². The summed E-state index contributed by atoms with van der Waals surface area (Å²) in [6.07, 6.45) is 0.621. The molecule has 1 N–H and O–H groups in total.